The van der Waals surface area contributed by atoms with E-state index in [9.17, 15) is 9.59 Å². The molecule has 11 heteroatoms. The van der Waals surface area contributed by atoms with Gasteiger partial charge in [0.1, 0.15) is 5.82 Å². The van der Waals surface area contributed by atoms with E-state index in [4.69, 9.17) is 34.8 Å². The molecule has 1 atom stereocenters. The van der Waals surface area contributed by atoms with Gasteiger partial charge in [-0.05, 0) is 48.7 Å². The van der Waals surface area contributed by atoms with Gasteiger partial charge in [0.05, 0.1) is 22.4 Å². The molecule has 0 fully saturated rings. The molecule has 3 rings (SSSR count). The topological polar surface area (TPSA) is 99.8 Å². The zero-order valence-corrected chi connectivity index (χ0v) is 21.2. The number of nitrogens with one attached hydrogen (secondary N) is 3. The third kappa shape index (κ3) is 6.86. The number of hydrogen-bond donors (Lipinski definition) is 3. The molecule has 174 valence electrons. The summed E-state index contributed by atoms with van der Waals surface area (Å²) in [7, 11) is 0. The number of aromatic amines is 1. The second kappa shape index (κ2) is 11.2. The summed E-state index contributed by atoms with van der Waals surface area (Å²) in [5.41, 5.74) is 1.88. The predicted molar refractivity (Wildman–Crippen MR) is 133 cm³/mol. The average molecular weight is 527 g/mol. The summed E-state index contributed by atoms with van der Waals surface area (Å²) in [6.07, 6.45) is 0. The quantitative estimate of drug-likeness (QED) is 0.316. The van der Waals surface area contributed by atoms with Gasteiger partial charge in [-0.2, -0.15) is 0 Å². The summed E-state index contributed by atoms with van der Waals surface area (Å²) in [4.78, 5) is 29.5. The van der Waals surface area contributed by atoms with Crippen LogP contribution < -0.4 is 10.6 Å². The van der Waals surface area contributed by atoms with Crippen LogP contribution in [-0.2, 0) is 4.79 Å². The highest BCUT2D eigenvalue weighted by molar-refractivity contribution is 7.99. The first-order chi connectivity index (χ1) is 15.6. The minimum atomic E-state index is -0.436. The SMILES string of the molecule is Cc1ccc(Cl)cc1NC(=O)CSc1n[nH]c([C@@H](NC(=O)c2ccc(Cl)cc2Cl)C(C)C)n1. The molecular weight excluding hydrogens is 505 g/mol. The number of aryl methyl sites for hydroxylation is 1. The molecule has 3 aromatic rings. The Morgan fingerprint density at radius 3 is 2.48 bits per heavy atom. The summed E-state index contributed by atoms with van der Waals surface area (Å²) >= 11 is 19.2. The fraction of sp³-hybridized carbons (Fsp3) is 0.273. The van der Waals surface area contributed by atoms with Gasteiger partial charge in [-0.25, -0.2) is 4.98 Å². The Bertz CT molecular complexity index is 1170. The van der Waals surface area contributed by atoms with Crippen molar-refractivity contribution < 1.29 is 9.59 Å². The Kier molecular flexibility index (Phi) is 8.64. The third-order valence-corrected chi connectivity index (χ3v) is 6.34. The van der Waals surface area contributed by atoms with Gasteiger partial charge in [-0.15, -0.1) is 5.10 Å². The van der Waals surface area contributed by atoms with Crippen molar-refractivity contribution in [3.05, 3.63) is 68.4 Å². The Hall–Kier alpha value is -2.26. The van der Waals surface area contributed by atoms with Gasteiger partial charge in [0.2, 0.25) is 11.1 Å². The number of benzene rings is 2. The maximum Gasteiger partial charge on any atom is 0.253 e. The zero-order valence-electron chi connectivity index (χ0n) is 18.1. The maximum absolute atomic E-state index is 12.7. The third-order valence-electron chi connectivity index (χ3n) is 4.71. The van der Waals surface area contributed by atoms with E-state index in [1.54, 1.807) is 24.3 Å². The number of thioether (sulfide) groups is 1. The molecule has 1 heterocycles. The molecule has 1 aromatic heterocycles. The van der Waals surface area contributed by atoms with Crippen molar-refractivity contribution in [2.45, 2.75) is 32.0 Å². The molecule has 0 aliphatic rings. The fourth-order valence-electron chi connectivity index (χ4n) is 2.95. The molecule has 0 radical (unpaired) electrons. The second-order valence-corrected chi connectivity index (χ2v) is 9.84. The van der Waals surface area contributed by atoms with E-state index in [2.05, 4.69) is 25.8 Å². The fourth-order valence-corrected chi connectivity index (χ4v) is 4.22. The van der Waals surface area contributed by atoms with E-state index in [0.29, 0.717) is 32.3 Å². The lowest BCUT2D eigenvalue weighted by molar-refractivity contribution is -0.113. The highest BCUT2D eigenvalue weighted by Crippen LogP contribution is 2.25. The predicted octanol–water partition coefficient (Wildman–Crippen LogP) is 5.93. The molecule has 33 heavy (non-hydrogen) atoms. The number of H-pyrrole nitrogens is 1. The van der Waals surface area contributed by atoms with E-state index < -0.39 is 6.04 Å². The molecule has 0 aliphatic carbocycles. The number of hydrogen-bond acceptors (Lipinski definition) is 5. The van der Waals surface area contributed by atoms with Crippen molar-refractivity contribution in [1.29, 1.82) is 0 Å². The standard InChI is InChI=1S/C22H22Cl3N5O2S/c1-11(2)19(27-21(32)15-7-6-13(23)8-16(15)25)20-28-22(30-29-20)33-10-18(31)26-17-9-14(24)5-4-12(17)3/h4-9,11,19H,10H2,1-3H3,(H,26,31)(H,27,32)(H,28,29,30)/t19-/m0/s1. The van der Waals surface area contributed by atoms with Gasteiger partial charge in [-0.1, -0.05) is 66.5 Å². The Morgan fingerprint density at radius 1 is 1.09 bits per heavy atom. The molecule has 0 unspecified atom stereocenters. The number of carbonyl (C=O) groups excluding carboxylic acids is 2. The smallest absolute Gasteiger partial charge is 0.253 e. The first-order valence-corrected chi connectivity index (χ1v) is 12.1. The van der Waals surface area contributed by atoms with E-state index in [1.807, 2.05) is 26.8 Å². The normalized spacial score (nSPS) is 12.0. The molecule has 7 nitrogen and oxygen atoms in total. The molecule has 3 N–H and O–H groups in total. The van der Waals surface area contributed by atoms with Crippen molar-refractivity contribution in [2.75, 3.05) is 11.1 Å². The monoisotopic (exact) mass is 525 g/mol. The Morgan fingerprint density at radius 2 is 1.79 bits per heavy atom. The molecule has 0 bridgehead atoms. The molecule has 0 aliphatic heterocycles. The first-order valence-electron chi connectivity index (χ1n) is 10.0. The highest BCUT2D eigenvalue weighted by Gasteiger charge is 2.24. The van der Waals surface area contributed by atoms with Crippen LogP contribution in [0.3, 0.4) is 0 Å². The van der Waals surface area contributed by atoms with Gasteiger partial charge in [0.15, 0.2) is 0 Å². The van der Waals surface area contributed by atoms with Crippen LogP contribution in [0, 0.1) is 12.8 Å². The summed E-state index contributed by atoms with van der Waals surface area (Å²) in [5, 5.41) is 14.4. The van der Waals surface area contributed by atoms with Crippen molar-refractivity contribution >= 4 is 64.1 Å². The van der Waals surface area contributed by atoms with E-state index in [-0.39, 0.29) is 28.5 Å². The van der Waals surface area contributed by atoms with Crippen LogP contribution in [0.2, 0.25) is 15.1 Å². The molecule has 2 aromatic carbocycles. The summed E-state index contributed by atoms with van der Waals surface area (Å²) in [6, 6.07) is 9.56. The number of halogens is 3. The minimum absolute atomic E-state index is 0.0138. The van der Waals surface area contributed by atoms with Crippen LogP contribution in [0.1, 0.15) is 41.6 Å². The minimum Gasteiger partial charge on any atom is -0.342 e. The lowest BCUT2D eigenvalue weighted by Gasteiger charge is -2.20. The van der Waals surface area contributed by atoms with E-state index >= 15 is 0 Å². The average Bonchev–Trinajstić information content (AvgIpc) is 3.21. The highest BCUT2D eigenvalue weighted by atomic mass is 35.5. The second-order valence-electron chi connectivity index (χ2n) is 7.62. The molecular formula is C22H22Cl3N5O2S. The van der Waals surface area contributed by atoms with Crippen LogP contribution >= 0.6 is 46.6 Å². The van der Waals surface area contributed by atoms with Crippen LogP contribution in [0.5, 0.6) is 0 Å². The Labute approximate surface area is 211 Å². The van der Waals surface area contributed by atoms with Gasteiger partial charge >= 0.3 is 0 Å². The van der Waals surface area contributed by atoms with Crippen molar-refractivity contribution in [1.82, 2.24) is 20.5 Å². The molecule has 0 saturated heterocycles. The first kappa shape index (κ1) is 25.4. The summed E-state index contributed by atoms with van der Waals surface area (Å²) in [5.74, 6) is 0.0551. The Balaban J connectivity index is 1.63. The van der Waals surface area contributed by atoms with Crippen molar-refractivity contribution in [3.63, 3.8) is 0 Å². The number of carbonyl (C=O) groups is 2. The van der Waals surface area contributed by atoms with Crippen LogP contribution in [0.15, 0.2) is 41.6 Å². The molecule has 2 amide bonds. The number of nitrogens with zero attached hydrogens (tertiary/aromatic N) is 2. The number of anilines is 1. The van der Waals surface area contributed by atoms with Crippen LogP contribution in [-0.4, -0.2) is 32.7 Å². The molecule has 0 saturated carbocycles. The number of amides is 2. The van der Waals surface area contributed by atoms with Crippen LogP contribution in [0.4, 0.5) is 5.69 Å². The van der Waals surface area contributed by atoms with Gasteiger partial charge < -0.3 is 10.6 Å². The van der Waals surface area contributed by atoms with Crippen LogP contribution in [0.25, 0.3) is 0 Å². The van der Waals surface area contributed by atoms with Crippen molar-refractivity contribution in [2.24, 2.45) is 5.92 Å². The maximum atomic E-state index is 12.7. The van der Waals surface area contributed by atoms with Gasteiger partial charge in [0, 0.05) is 15.7 Å². The van der Waals surface area contributed by atoms with Gasteiger partial charge in [0.25, 0.3) is 5.91 Å². The zero-order chi connectivity index (χ0) is 24.1. The van der Waals surface area contributed by atoms with E-state index in [1.165, 1.54) is 17.8 Å². The summed E-state index contributed by atoms with van der Waals surface area (Å²) < 4.78 is 0. The van der Waals surface area contributed by atoms with E-state index in [0.717, 1.165) is 5.56 Å². The lowest BCUT2D eigenvalue weighted by atomic mass is 10.0. The summed E-state index contributed by atoms with van der Waals surface area (Å²) in [6.45, 7) is 5.78. The van der Waals surface area contributed by atoms with Gasteiger partial charge in [-0.3, -0.25) is 14.7 Å². The molecule has 0 spiro atoms. The van der Waals surface area contributed by atoms with Crippen molar-refractivity contribution in [3.8, 4) is 0 Å². The largest absolute Gasteiger partial charge is 0.342 e. The lowest BCUT2D eigenvalue weighted by Crippen LogP contribution is -2.32. The number of aromatic nitrogens is 3. The number of rotatable bonds is 8.